The van der Waals surface area contributed by atoms with Crippen LogP contribution in [0.25, 0.3) is 6.08 Å². The number of allylic oxidation sites excluding steroid dienone is 1. The number of hydrogen-bond donors (Lipinski definition) is 0. The first-order valence-corrected chi connectivity index (χ1v) is 10.7. The van der Waals surface area contributed by atoms with Crippen molar-refractivity contribution in [3.63, 3.8) is 0 Å². The zero-order chi connectivity index (χ0) is 22.1. The van der Waals surface area contributed by atoms with Gasteiger partial charge >= 0.3 is 0 Å². The van der Waals surface area contributed by atoms with Crippen LogP contribution >= 0.6 is 31.9 Å². The molecule has 6 nitrogen and oxygen atoms in total. The maximum absolute atomic E-state index is 12.6. The van der Waals surface area contributed by atoms with Crippen LogP contribution in [0.3, 0.4) is 0 Å². The van der Waals surface area contributed by atoms with E-state index in [1.54, 1.807) is 54.6 Å². The fraction of sp³-hybridized carbons (Fsp3) is 0.0435. The maximum atomic E-state index is 12.6. The molecule has 0 radical (unpaired) electrons. The topological polar surface area (TPSA) is 86.5 Å². The first-order valence-electron chi connectivity index (χ1n) is 9.10. The second-order valence-corrected chi connectivity index (χ2v) is 8.50. The standard InChI is InChI=1S/C23H13Br2NO5/c24-19-10-14(9-18-21(27)16-6-1-2-7-17(16)22(18)28)11-20(25)23(19)31-12-13-4-3-5-15(8-13)26(29)30/h1-11H,12H2. The largest absolute Gasteiger partial charge is 0.487 e. The third-order valence-corrected chi connectivity index (χ3v) is 5.92. The van der Waals surface area contributed by atoms with Crippen LogP contribution in [0.2, 0.25) is 0 Å². The van der Waals surface area contributed by atoms with Gasteiger partial charge in [-0.15, -0.1) is 0 Å². The van der Waals surface area contributed by atoms with Crippen molar-refractivity contribution in [3.8, 4) is 5.75 Å². The summed E-state index contributed by atoms with van der Waals surface area (Å²) in [4.78, 5) is 35.7. The predicted molar refractivity (Wildman–Crippen MR) is 122 cm³/mol. The minimum absolute atomic E-state index is 0.00639. The molecule has 0 bridgehead atoms. The molecule has 8 heteroatoms. The van der Waals surface area contributed by atoms with Gasteiger partial charge in [0.2, 0.25) is 0 Å². The third-order valence-electron chi connectivity index (χ3n) is 4.74. The van der Waals surface area contributed by atoms with Crippen molar-refractivity contribution >= 4 is 55.2 Å². The fourth-order valence-electron chi connectivity index (χ4n) is 3.29. The average molecular weight is 543 g/mol. The van der Waals surface area contributed by atoms with Crippen molar-refractivity contribution in [2.75, 3.05) is 0 Å². The molecule has 3 aromatic carbocycles. The molecule has 0 unspecified atom stereocenters. The molecule has 31 heavy (non-hydrogen) atoms. The SMILES string of the molecule is O=C1C(=Cc2cc(Br)c(OCc3cccc([N+](=O)[O-])c3)c(Br)c2)C(=O)c2ccccc21. The van der Waals surface area contributed by atoms with Crippen LogP contribution in [0.4, 0.5) is 5.69 Å². The highest BCUT2D eigenvalue weighted by Gasteiger charge is 2.32. The summed E-state index contributed by atoms with van der Waals surface area (Å²) >= 11 is 6.91. The molecular formula is C23H13Br2NO5. The second-order valence-electron chi connectivity index (χ2n) is 6.79. The Hall–Kier alpha value is -3.10. The van der Waals surface area contributed by atoms with Crippen molar-refractivity contribution in [2.45, 2.75) is 6.61 Å². The van der Waals surface area contributed by atoms with E-state index in [1.165, 1.54) is 12.1 Å². The van der Waals surface area contributed by atoms with Gasteiger partial charge in [-0.2, -0.15) is 0 Å². The Morgan fingerprint density at radius 1 is 0.903 bits per heavy atom. The monoisotopic (exact) mass is 541 g/mol. The zero-order valence-corrected chi connectivity index (χ0v) is 19.0. The van der Waals surface area contributed by atoms with Gasteiger partial charge in [0.15, 0.2) is 11.6 Å². The highest BCUT2D eigenvalue weighted by Crippen LogP contribution is 2.37. The number of carbonyl (C=O) groups excluding carboxylic acids is 2. The summed E-state index contributed by atoms with van der Waals surface area (Å²) in [5.41, 5.74) is 2.23. The molecule has 0 spiro atoms. The van der Waals surface area contributed by atoms with E-state index < -0.39 is 4.92 Å². The molecule has 1 aliphatic carbocycles. The Morgan fingerprint density at radius 2 is 1.52 bits per heavy atom. The Morgan fingerprint density at radius 3 is 2.10 bits per heavy atom. The number of hydrogen-bond acceptors (Lipinski definition) is 5. The van der Waals surface area contributed by atoms with Crippen LogP contribution in [0.15, 0.2) is 75.2 Å². The number of rotatable bonds is 5. The van der Waals surface area contributed by atoms with E-state index in [9.17, 15) is 19.7 Å². The Labute approximate surface area is 193 Å². The number of nitro benzene ring substituents is 1. The molecule has 0 aliphatic heterocycles. The van der Waals surface area contributed by atoms with Gasteiger partial charge in [-0.05, 0) is 61.2 Å². The van der Waals surface area contributed by atoms with Crippen molar-refractivity contribution < 1.29 is 19.2 Å². The van der Waals surface area contributed by atoms with E-state index in [4.69, 9.17) is 4.74 Å². The molecule has 0 atom stereocenters. The first-order chi connectivity index (χ1) is 14.8. The van der Waals surface area contributed by atoms with Crippen LogP contribution in [-0.2, 0) is 6.61 Å². The lowest BCUT2D eigenvalue weighted by molar-refractivity contribution is -0.384. The number of benzene rings is 3. The molecule has 0 saturated heterocycles. The molecule has 0 fully saturated rings. The van der Waals surface area contributed by atoms with E-state index in [2.05, 4.69) is 31.9 Å². The van der Waals surface area contributed by atoms with Crippen molar-refractivity contribution in [1.82, 2.24) is 0 Å². The van der Waals surface area contributed by atoms with Gasteiger partial charge in [0, 0.05) is 23.3 Å². The number of ether oxygens (including phenoxy) is 1. The molecule has 1 aliphatic rings. The number of nitro groups is 1. The van der Waals surface area contributed by atoms with E-state index in [-0.39, 0.29) is 29.4 Å². The van der Waals surface area contributed by atoms with Crippen LogP contribution in [0.1, 0.15) is 31.8 Å². The van der Waals surface area contributed by atoms with E-state index >= 15 is 0 Å². The number of carbonyl (C=O) groups is 2. The number of Topliss-reactive ketones (excluding diaryl/α,β-unsaturated/α-hetero) is 2. The molecular weight excluding hydrogens is 530 g/mol. The maximum Gasteiger partial charge on any atom is 0.269 e. The molecule has 0 N–H and O–H groups in total. The molecule has 0 amide bonds. The number of fused-ring (bicyclic) bond motifs is 1. The van der Waals surface area contributed by atoms with Crippen LogP contribution < -0.4 is 4.74 Å². The van der Waals surface area contributed by atoms with Crippen molar-refractivity contribution in [1.29, 1.82) is 0 Å². The Kier molecular flexibility index (Phi) is 5.84. The predicted octanol–water partition coefficient (Wildman–Crippen LogP) is 6.16. The summed E-state index contributed by atoms with van der Waals surface area (Å²) in [6.45, 7) is 0.131. The lowest BCUT2D eigenvalue weighted by atomic mass is 10.1. The van der Waals surface area contributed by atoms with E-state index in [1.807, 2.05) is 0 Å². The highest BCUT2D eigenvalue weighted by atomic mass is 79.9. The summed E-state index contributed by atoms with van der Waals surface area (Å²) in [6, 6.07) is 16.4. The summed E-state index contributed by atoms with van der Waals surface area (Å²) < 4.78 is 7.05. The van der Waals surface area contributed by atoms with Gasteiger partial charge in [-0.1, -0.05) is 36.4 Å². The minimum atomic E-state index is -0.457. The van der Waals surface area contributed by atoms with Gasteiger partial charge in [-0.3, -0.25) is 19.7 Å². The van der Waals surface area contributed by atoms with Crippen molar-refractivity contribution in [2.24, 2.45) is 0 Å². The quantitative estimate of drug-likeness (QED) is 0.167. The normalized spacial score (nSPS) is 12.6. The molecule has 0 heterocycles. The fourth-order valence-corrected chi connectivity index (χ4v) is 4.74. The summed E-state index contributed by atoms with van der Waals surface area (Å²) in [7, 11) is 0. The number of halogens is 2. The Bertz CT molecular complexity index is 1220. The molecule has 154 valence electrons. The van der Waals surface area contributed by atoms with Gasteiger partial charge in [0.1, 0.15) is 12.4 Å². The van der Waals surface area contributed by atoms with Crippen LogP contribution in [-0.4, -0.2) is 16.5 Å². The van der Waals surface area contributed by atoms with Crippen molar-refractivity contribution in [3.05, 3.63) is 108 Å². The summed E-state index contributed by atoms with van der Waals surface area (Å²) in [6.07, 6.45) is 1.56. The van der Waals surface area contributed by atoms with Crippen LogP contribution in [0, 0.1) is 10.1 Å². The first kappa shape index (κ1) is 21.1. The number of ketones is 2. The zero-order valence-electron chi connectivity index (χ0n) is 15.8. The van der Waals surface area contributed by atoms with Gasteiger partial charge < -0.3 is 4.74 Å². The summed E-state index contributed by atoms with van der Waals surface area (Å²) in [5.74, 6) is -0.0845. The lowest BCUT2D eigenvalue weighted by Crippen LogP contribution is -2.01. The second kappa shape index (κ2) is 8.56. The van der Waals surface area contributed by atoms with E-state index in [0.717, 1.165) is 0 Å². The molecule has 3 aromatic rings. The highest BCUT2D eigenvalue weighted by molar-refractivity contribution is 9.11. The summed E-state index contributed by atoms with van der Waals surface area (Å²) in [5, 5.41) is 10.9. The molecule has 0 aromatic heterocycles. The number of nitrogens with zero attached hydrogens (tertiary/aromatic N) is 1. The third kappa shape index (κ3) is 4.22. The van der Waals surface area contributed by atoms with Crippen LogP contribution in [0.5, 0.6) is 5.75 Å². The minimum Gasteiger partial charge on any atom is -0.487 e. The molecule has 0 saturated carbocycles. The van der Waals surface area contributed by atoms with Gasteiger partial charge in [0.25, 0.3) is 5.69 Å². The average Bonchev–Trinajstić information content (AvgIpc) is 2.98. The Balaban J connectivity index is 1.58. The molecule has 4 rings (SSSR count). The smallest absolute Gasteiger partial charge is 0.269 e. The lowest BCUT2D eigenvalue weighted by Gasteiger charge is -2.11. The van der Waals surface area contributed by atoms with Gasteiger partial charge in [0.05, 0.1) is 19.4 Å². The van der Waals surface area contributed by atoms with Gasteiger partial charge in [-0.25, -0.2) is 0 Å². The number of non-ortho nitro benzene ring substituents is 1. The van der Waals surface area contributed by atoms with E-state index in [0.29, 0.717) is 36.9 Å².